The first-order chi connectivity index (χ1) is 10.6. The molecule has 0 spiro atoms. The van der Waals surface area contributed by atoms with Gasteiger partial charge in [-0.15, -0.1) is 0 Å². The molecule has 122 valence electrons. The molecule has 0 unspecified atom stereocenters. The highest BCUT2D eigenvalue weighted by Crippen LogP contribution is 2.27. The van der Waals surface area contributed by atoms with Gasteiger partial charge in [0.2, 0.25) is 5.91 Å². The van der Waals surface area contributed by atoms with E-state index in [-0.39, 0.29) is 0 Å². The number of carbonyl (C=O) groups excluding carboxylic acids is 1. The monoisotopic (exact) mass is 308 g/mol. The number of carboxylic acid groups (broad SMARTS) is 1. The van der Waals surface area contributed by atoms with E-state index in [1.54, 1.807) is 6.20 Å². The van der Waals surface area contributed by atoms with E-state index in [1.165, 1.54) is 12.7 Å². The van der Waals surface area contributed by atoms with E-state index in [1.807, 2.05) is 0 Å². The lowest BCUT2D eigenvalue weighted by atomic mass is 9.85. The summed E-state index contributed by atoms with van der Waals surface area (Å²) in [6, 6.07) is -1.64. The molecule has 1 saturated carbocycles. The highest BCUT2D eigenvalue weighted by Gasteiger charge is 2.27. The number of nitrogens with two attached hydrogens (primary N) is 1. The fourth-order valence-electron chi connectivity index (χ4n) is 2.98. The molecule has 5 N–H and O–H groups in total. The van der Waals surface area contributed by atoms with Crippen LogP contribution in [0.25, 0.3) is 0 Å². The minimum absolute atomic E-state index is 0.307. The number of imidazole rings is 1. The SMILES string of the molecule is N[C@@H](Cc1cnc[nH]1)C(=O)N[C@@H](CC1CCCCC1)C(=O)O. The fraction of sp³-hybridized carbons (Fsp3) is 0.667. The van der Waals surface area contributed by atoms with E-state index in [0.717, 1.165) is 31.4 Å². The Labute approximate surface area is 129 Å². The Bertz CT molecular complexity index is 483. The summed E-state index contributed by atoms with van der Waals surface area (Å²) in [6.07, 6.45) is 9.50. The maximum atomic E-state index is 12.1. The van der Waals surface area contributed by atoms with Crippen molar-refractivity contribution in [3.63, 3.8) is 0 Å². The molecule has 1 aromatic heterocycles. The first-order valence-electron chi connectivity index (χ1n) is 7.82. The number of H-pyrrole nitrogens is 1. The lowest BCUT2D eigenvalue weighted by Gasteiger charge is -2.25. The van der Waals surface area contributed by atoms with Crippen molar-refractivity contribution in [3.05, 3.63) is 18.2 Å². The number of rotatable bonds is 7. The van der Waals surface area contributed by atoms with Gasteiger partial charge in [0.1, 0.15) is 6.04 Å². The van der Waals surface area contributed by atoms with Crippen LogP contribution in [0.2, 0.25) is 0 Å². The van der Waals surface area contributed by atoms with Crippen LogP contribution >= 0.6 is 0 Å². The molecule has 7 heteroatoms. The van der Waals surface area contributed by atoms with Crippen LogP contribution in [0, 0.1) is 5.92 Å². The van der Waals surface area contributed by atoms with Gasteiger partial charge < -0.3 is 21.1 Å². The second-order valence-electron chi connectivity index (χ2n) is 6.03. The highest BCUT2D eigenvalue weighted by molar-refractivity contribution is 5.86. The number of carboxylic acids is 1. The van der Waals surface area contributed by atoms with Crippen LogP contribution in [0.5, 0.6) is 0 Å². The van der Waals surface area contributed by atoms with Gasteiger partial charge in [0.05, 0.1) is 12.4 Å². The summed E-state index contributed by atoms with van der Waals surface area (Å²) in [5.74, 6) is -1.05. The molecule has 2 atom stereocenters. The quantitative estimate of drug-likeness (QED) is 0.594. The molecule has 0 saturated heterocycles. The standard InChI is InChI=1S/C15H24N4O3/c16-12(7-11-8-17-9-18-11)14(20)19-13(15(21)22)6-10-4-2-1-3-5-10/h8-10,12-13H,1-7,16H2,(H,17,18)(H,19,20)(H,21,22)/t12-,13-/m0/s1. The van der Waals surface area contributed by atoms with Crippen molar-refractivity contribution in [2.75, 3.05) is 0 Å². The van der Waals surface area contributed by atoms with Crippen molar-refractivity contribution in [2.45, 2.75) is 57.0 Å². The summed E-state index contributed by atoms with van der Waals surface area (Å²) < 4.78 is 0. The maximum Gasteiger partial charge on any atom is 0.326 e. The van der Waals surface area contributed by atoms with Gasteiger partial charge in [0, 0.05) is 18.3 Å². The lowest BCUT2D eigenvalue weighted by Crippen LogP contribution is -2.49. The Morgan fingerprint density at radius 1 is 1.41 bits per heavy atom. The van der Waals surface area contributed by atoms with Crippen molar-refractivity contribution in [3.8, 4) is 0 Å². The van der Waals surface area contributed by atoms with Crippen molar-refractivity contribution in [2.24, 2.45) is 11.7 Å². The zero-order chi connectivity index (χ0) is 15.9. The molecule has 1 fully saturated rings. The predicted octanol–water partition coefficient (Wildman–Crippen LogP) is 0.819. The van der Waals surface area contributed by atoms with Crippen LogP contribution in [0.4, 0.5) is 0 Å². The van der Waals surface area contributed by atoms with Crippen LogP contribution in [0.3, 0.4) is 0 Å². The molecule has 0 aliphatic heterocycles. The smallest absolute Gasteiger partial charge is 0.326 e. The van der Waals surface area contributed by atoms with Gasteiger partial charge in [-0.2, -0.15) is 0 Å². The number of hydrogen-bond donors (Lipinski definition) is 4. The van der Waals surface area contributed by atoms with E-state index in [4.69, 9.17) is 5.73 Å². The van der Waals surface area contributed by atoms with Crippen LogP contribution in [0.1, 0.15) is 44.2 Å². The molecule has 1 amide bonds. The van der Waals surface area contributed by atoms with Gasteiger partial charge in [-0.3, -0.25) is 4.79 Å². The third-order valence-corrected chi connectivity index (χ3v) is 4.24. The van der Waals surface area contributed by atoms with E-state index in [9.17, 15) is 14.7 Å². The van der Waals surface area contributed by atoms with Gasteiger partial charge in [0.15, 0.2) is 0 Å². The van der Waals surface area contributed by atoms with Crippen molar-refractivity contribution in [1.82, 2.24) is 15.3 Å². The van der Waals surface area contributed by atoms with Crippen LogP contribution in [-0.4, -0.2) is 39.0 Å². The molecule has 1 aliphatic carbocycles. The summed E-state index contributed by atoms with van der Waals surface area (Å²) in [7, 11) is 0. The van der Waals surface area contributed by atoms with Gasteiger partial charge in [-0.25, -0.2) is 9.78 Å². The number of hydrogen-bond acceptors (Lipinski definition) is 4. The number of carbonyl (C=O) groups is 2. The topological polar surface area (TPSA) is 121 Å². The van der Waals surface area contributed by atoms with E-state index in [0.29, 0.717) is 18.8 Å². The van der Waals surface area contributed by atoms with E-state index >= 15 is 0 Å². The second kappa shape index (κ2) is 7.93. The van der Waals surface area contributed by atoms with E-state index < -0.39 is 24.0 Å². The molecule has 7 nitrogen and oxygen atoms in total. The number of aromatic nitrogens is 2. The van der Waals surface area contributed by atoms with Gasteiger partial charge in [-0.1, -0.05) is 32.1 Å². The summed E-state index contributed by atoms with van der Waals surface area (Å²) >= 11 is 0. The zero-order valence-corrected chi connectivity index (χ0v) is 12.6. The first kappa shape index (κ1) is 16.5. The normalized spacial score (nSPS) is 18.6. The minimum Gasteiger partial charge on any atom is -0.480 e. The fourth-order valence-corrected chi connectivity index (χ4v) is 2.98. The zero-order valence-electron chi connectivity index (χ0n) is 12.6. The molecular formula is C15H24N4O3. The third-order valence-electron chi connectivity index (χ3n) is 4.24. The van der Waals surface area contributed by atoms with Crippen LogP contribution in [0.15, 0.2) is 12.5 Å². The molecule has 1 aliphatic rings. The molecule has 0 bridgehead atoms. The number of amides is 1. The Hall–Kier alpha value is -1.89. The number of nitrogens with zero attached hydrogens (tertiary/aromatic N) is 1. The molecule has 2 rings (SSSR count). The number of aliphatic carboxylic acids is 1. The van der Waals surface area contributed by atoms with Crippen LogP contribution in [-0.2, 0) is 16.0 Å². The Balaban J connectivity index is 1.86. The molecular weight excluding hydrogens is 284 g/mol. The van der Waals surface area contributed by atoms with Crippen molar-refractivity contribution < 1.29 is 14.7 Å². The summed E-state index contributed by atoms with van der Waals surface area (Å²) in [5.41, 5.74) is 6.59. The number of nitrogens with one attached hydrogen (secondary N) is 2. The average molecular weight is 308 g/mol. The van der Waals surface area contributed by atoms with Gasteiger partial charge in [-0.05, 0) is 12.3 Å². The summed E-state index contributed by atoms with van der Waals surface area (Å²) in [5, 5.41) is 11.9. The van der Waals surface area contributed by atoms with Crippen LogP contribution < -0.4 is 11.1 Å². The predicted molar refractivity (Wildman–Crippen MR) is 81.0 cm³/mol. The largest absolute Gasteiger partial charge is 0.480 e. The average Bonchev–Trinajstić information content (AvgIpc) is 3.00. The Morgan fingerprint density at radius 3 is 2.73 bits per heavy atom. The molecule has 1 heterocycles. The van der Waals surface area contributed by atoms with Gasteiger partial charge in [0.25, 0.3) is 0 Å². The molecule has 0 aromatic carbocycles. The Morgan fingerprint density at radius 2 is 2.14 bits per heavy atom. The van der Waals surface area contributed by atoms with Gasteiger partial charge >= 0.3 is 5.97 Å². The second-order valence-corrected chi connectivity index (χ2v) is 6.03. The summed E-state index contributed by atoms with van der Waals surface area (Å²) in [4.78, 5) is 30.2. The highest BCUT2D eigenvalue weighted by atomic mass is 16.4. The first-order valence-corrected chi connectivity index (χ1v) is 7.82. The lowest BCUT2D eigenvalue weighted by molar-refractivity contribution is -0.142. The van der Waals surface area contributed by atoms with E-state index in [2.05, 4.69) is 15.3 Å². The Kier molecular flexibility index (Phi) is 5.94. The molecule has 22 heavy (non-hydrogen) atoms. The van der Waals surface area contributed by atoms with Crippen molar-refractivity contribution >= 4 is 11.9 Å². The van der Waals surface area contributed by atoms with Crippen molar-refractivity contribution in [1.29, 1.82) is 0 Å². The molecule has 0 radical (unpaired) electrons. The maximum absolute atomic E-state index is 12.1. The third kappa shape index (κ3) is 4.84. The minimum atomic E-state index is -0.993. The summed E-state index contributed by atoms with van der Waals surface area (Å²) in [6.45, 7) is 0. The number of aromatic amines is 1. The molecule has 1 aromatic rings.